The van der Waals surface area contributed by atoms with Crippen LogP contribution in [0.2, 0.25) is 0 Å². The summed E-state index contributed by atoms with van der Waals surface area (Å²) < 4.78 is 0. The molecule has 0 saturated heterocycles. The summed E-state index contributed by atoms with van der Waals surface area (Å²) in [4.78, 5) is 53.1. The number of hydrogen-bond donors (Lipinski definition) is 3. The van der Waals surface area contributed by atoms with Gasteiger partial charge in [-0.1, -0.05) is 30.3 Å². The molecule has 1 aromatic heterocycles. The fourth-order valence-electron chi connectivity index (χ4n) is 3.57. The minimum absolute atomic E-state index is 0.0996. The summed E-state index contributed by atoms with van der Waals surface area (Å²) >= 11 is 0. The summed E-state index contributed by atoms with van der Waals surface area (Å²) in [5, 5.41) is 2.75. The van der Waals surface area contributed by atoms with Crippen LogP contribution < -0.4 is 16.4 Å². The number of carbonyl (C=O) groups excluding carboxylic acids is 2. The highest BCUT2D eigenvalue weighted by Crippen LogP contribution is 2.36. The van der Waals surface area contributed by atoms with Gasteiger partial charge in [-0.05, 0) is 41.5 Å². The lowest BCUT2D eigenvalue weighted by Crippen LogP contribution is -2.28. The number of aromatic amines is 2. The zero-order valence-electron chi connectivity index (χ0n) is 14.9. The Hall–Kier alpha value is -4.26. The van der Waals surface area contributed by atoms with Crippen molar-refractivity contribution in [3.8, 4) is 11.1 Å². The van der Waals surface area contributed by atoms with Crippen molar-refractivity contribution >= 4 is 28.4 Å². The number of hydrogen-bond acceptors (Lipinski definition) is 4. The van der Waals surface area contributed by atoms with Crippen molar-refractivity contribution in [3.05, 3.63) is 98.1 Å². The van der Waals surface area contributed by atoms with E-state index in [-0.39, 0.29) is 11.7 Å². The van der Waals surface area contributed by atoms with Gasteiger partial charge in [0.1, 0.15) is 0 Å². The second-order valence-corrected chi connectivity index (χ2v) is 6.76. The Morgan fingerprint density at radius 2 is 1.38 bits per heavy atom. The molecule has 0 fully saturated rings. The van der Waals surface area contributed by atoms with Crippen LogP contribution >= 0.6 is 0 Å². The Kier molecular flexibility index (Phi) is 3.57. The third-order valence-corrected chi connectivity index (χ3v) is 4.97. The van der Waals surface area contributed by atoms with Gasteiger partial charge in [0.2, 0.25) is 0 Å². The molecule has 29 heavy (non-hydrogen) atoms. The molecule has 7 nitrogen and oxygen atoms in total. The molecule has 0 radical (unpaired) electrons. The Labute approximate surface area is 163 Å². The summed E-state index contributed by atoms with van der Waals surface area (Å²) in [5.74, 6) is -0.486. The number of nitrogens with one attached hydrogen (secondary N) is 3. The lowest BCUT2D eigenvalue weighted by Gasteiger charge is -2.08. The first kappa shape index (κ1) is 16.9. The van der Waals surface area contributed by atoms with E-state index >= 15 is 0 Å². The van der Waals surface area contributed by atoms with Crippen molar-refractivity contribution < 1.29 is 9.59 Å². The zero-order chi connectivity index (χ0) is 20.1. The molecule has 0 saturated carbocycles. The predicted octanol–water partition coefficient (Wildman–Crippen LogP) is 2.68. The number of rotatable bonds is 2. The SMILES string of the molecule is O=C(Nc1ccc2[nH]c(=O)c(=O)[nH]c2c1)c1ccc2c(c1)C(=O)c1ccccc1-2. The number of carbonyl (C=O) groups is 2. The van der Waals surface area contributed by atoms with Gasteiger partial charge in [0, 0.05) is 22.4 Å². The smallest absolute Gasteiger partial charge is 0.314 e. The quantitative estimate of drug-likeness (QED) is 0.407. The molecular formula is C22H13N3O4. The molecule has 5 rings (SSSR count). The largest absolute Gasteiger partial charge is 0.322 e. The van der Waals surface area contributed by atoms with Gasteiger partial charge in [-0.25, -0.2) is 0 Å². The zero-order valence-corrected chi connectivity index (χ0v) is 14.9. The van der Waals surface area contributed by atoms with E-state index in [1.807, 2.05) is 18.2 Å². The topological polar surface area (TPSA) is 112 Å². The van der Waals surface area contributed by atoms with E-state index in [1.54, 1.807) is 42.5 Å². The van der Waals surface area contributed by atoms with Crippen molar-refractivity contribution in [1.29, 1.82) is 0 Å². The van der Waals surface area contributed by atoms with E-state index in [9.17, 15) is 19.2 Å². The van der Waals surface area contributed by atoms with Gasteiger partial charge in [0.25, 0.3) is 5.91 Å². The van der Waals surface area contributed by atoms with Crippen LogP contribution in [0.25, 0.3) is 22.2 Å². The number of amides is 1. The molecule has 4 aromatic rings. The van der Waals surface area contributed by atoms with Gasteiger partial charge in [0.05, 0.1) is 11.0 Å². The number of ketones is 1. The third kappa shape index (κ3) is 2.68. The highest BCUT2D eigenvalue weighted by Gasteiger charge is 2.27. The molecule has 0 spiro atoms. The fraction of sp³-hybridized carbons (Fsp3) is 0. The molecule has 0 unspecified atom stereocenters. The minimum Gasteiger partial charge on any atom is -0.322 e. The Morgan fingerprint density at radius 3 is 2.17 bits per heavy atom. The average Bonchev–Trinajstić information content (AvgIpc) is 3.01. The maximum atomic E-state index is 12.7. The number of benzene rings is 3. The normalized spacial score (nSPS) is 11.9. The van der Waals surface area contributed by atoms with Crippen molar-refractivity contribution in [2.24, 2.45) is 0 Å². The summed E-state index contributed by atoms with van der Waals surface area (Å²) in [5.41, 5.74) is 2.95. The standard InChI is InChI=1S/C22H13N3O4/c26-19-15-4-2-1-3-13(15)14-7-5-11(9-16(14)19)20(27)23-12-6-8-17-18(10-12)25-22(29)21(28)24-17/h1-10H,(H,23,27)(H,24,28)(H,25,29). The number of aromatic nitrogens is 2. The van der Waals surface area contributed by atoms with Crippen LogP contribution in [0.4, 0.5) is 5.69 Å². The second kappa shape index (κ2) is 6.13. The molecule has 0 aliphatic heterocycles. The summed E-state index contributed by atoms with van der Waals surface area (Å²) in [7, 11) is 0. The first-order valence-electron chi connectivity index (χ1n) is 8.87. The maximum Gasteiger partial charge on any atom is 0.314 e. The Balaban J connectivity index is 1.47. The highest BCUT2D eigenvalue weighted by atomic mass is 16.2. The average molecular weight is 383 g/mol. The van der Waals surface area contributed by atoms with Crippen LogP contribution in [0.5, 0.6) is 0 Å². The summed E-state index contributed by atoms with van der Waals surface area (Å²) in [6, 6.07) is 17.1. The molecule has 7 heteroatoms. The highest BCUT2D eigenvalue weighted by molar-refractivity contribution is 6.22. The van der Waals surface area contributed by atoms with Gasteiger partial charge in [0.15, 0.2) is 5.78 Å². The van der Waals surface area contributed by atoms with Crippen LogP contribution in [0.15, 0.2) is 70.3 Å². The number of anilines is 1. The molecule has 3 aromatic carbocycles. The molecule has 3 N–H and O–H groups in total. The molecule has 1 heterocycles. The van der Waals surface area contributed by atoms with E-state index < -0.39 is 11.1 Å². The van der Waals surface area contributed by atoms with Crippen molar-refractivity contribution in [2.45, 2.75) is 0 Å². The molecule has 140 valence electrons. The molecule has 1 aliphatic carbocycles. The van der Waals surface area contributed by atoms with Crippen LogP contribution in [0.1, 0.15) is 26.3 Å². The summed E-state index contributed by atoms with van der Waals surface area (Å²) in [6.07, 6.45) is 0. The van der Waals surface area contributed by atoms with Crippen molar-refractivity contribution in [3.63, 3.8) is 0 Å². The summed E-state index contributed by atoms with van der Waals surface area (Å²) in [6.45, 7) is 0. The molecular weight excluding hydrogens is 370 g/mol. The van der Waals surface area contributed by atoms with E-state index in [4.69, 9.17) is 0 Å². The van der Waals surface area contributed by atoms with Crippen molar-refractivity contribution in [1.82, 2.24) is 9.97 Å². The van der Waals surface area contributed by atoms with Crippen LogP contribution in [0, 0.1) is 0 Å². The lowest BCUT2D eigenvalue weighted by atomic mass is 10.0. The Morgan fingerprint density at radius 1 is 0.690 bits per heavy atom. The fourth-order valence-corrected chi connectivity index (χ4v) is 3.57. The van der Waals surface area contributed by atoms with Crippen LogP contribution in [0.3, 0.4) is 0 Å². The molecule has 0 bridgehead atoms. The van der Waals surface area contributed by atoms with E-state index in [1.165, 1.54) is 0 Å². The second-order valence-electron chi connectivity index (χ2n) is 6.76. The predicted molar refractivity (Wildman–Crippen MR) is 108 cm³/mol. The molecule has 0 atom stereocenters. The molecule has 1 aliphatic rings. The maximum absolute atomic E-state index is 12.7. The van der Waals surface area contributed by atoms with E-state index in [0.717, 1.165) is 11.1 Å². The molecule has 1 amide bonds. The van der Waals surface area contributed by atoms with Crippen LogP contribution in [-0.2, 0) is 0 Å². The van der Waals surface area contributed by atoms with Crippen molar-refractivity contribution in [2.75, 3.05) is 5.32 Å². The van der Waals surface area contributed by atoms with E-state index in [0.29, 0.717) is 33.4 Å². The monoisotopic (exact) mass is 383 g/mol. The lowest BCUT2D eigenvalue weighted by molar-refractivity contribution is 0.102. The van der Waals surface area contributed by atoms with E-state index in [2.05, 4.69) is 15.3 Å². The first-order chi connectivity index (χ1) is 14.0. The third-order valence-electron chi connectivity index (χ3n) is 4.97. The first-order valence-corrected chi connectivity index (χ1v) is 8.87. The minimum atomic E-state index is -0.766. The van der Waals surface area contributed by atoms with Gasteiger partial charge < -0.3 is 15.3 Å². The van der Waals surface area contributed by atoms with Gasteiger partial charge in [-0.2, -0.15) is 0 Å². The number of H-pyrrole nitrogens is 2. The van der Waals surface area contributed by atoms with Gasteiger partial charge in [-0.15, -0.1) is 0 Å². The van der Waals surface area contributed by atoms with Gasteiger partial charge >= 0.3 is 11.1 Å². The van der Waals surface area contributed by atoms with Crippen LogP contribution in [-0.4, -0.2) is 21.7 Å². The van der Waals surface area contributed by atoms with Gasteiger partial charge in [-0.3, -0.25) is 19.2 Å². The Bertz CT molecular complexity index is 1460. The number of fused-ring (bicyclic) bond motifs is 4.